The molecule has 3 rings (SSSR count). The van der Waals surface area contributed by atoms with Gasteiger partial charge in [0.1, 0.15) is 6.04 Å². The molecule has 1 aromatic carbocycles. The highest BCUT2D eigenvalue weighted by Gasteiger charge is 2.30. The van der Waals surface area contributed by atoms with E-state index in [2.05, 4.69) is 5.32 Å². The highest BCUT2D eigenvalue weighted by Crippen LogP contribution is 2.26. The van der Waals surface area contributed by atoms with Gasteiger partial charge < -0.3 is 19.9 Å². The Morgan fingerprint density at radius 2 is 1.83 bits per heavy atom. The number of hydrogen-bond acceptors (Lipinski definition) is 4. The molecule has 0 aliphatic carbocycles. The molecule has 1 unspecified atom stereocenters. The Balaban J connectivity index is 1.59. The smallest absolute Gasteiger partial charge is 0.255 e. The number of carbonyl (C=O) groups is 2. The Kier molecular flexibility index (Phi) is 5.61. The maximum atomic E-state index is 12.6. The molecule has 6 nitrogen and oxygen atoms in total. The van der Waals surface area contributed by atoms with Crippen molar-refractivity contribution in [2.45, 2.75) is 6.04 Å². The topological polar surface area (TPSA) is 61.9 Å². The predicted molar refractivity (Wildman–Crippen MR) is 91.6 cm³/mol. The van der Waals surface area contributed by atoms with Gasteiger partial charge in [0.15, 0.2) is 0 Å². The van der Waals surface area contributed by atoms with Crippen molar-refractivity contribution in [3.8, 4) is 0 Å². The van der Waals surface area contributed by atoms with E-state index in [0.717, 1.165) is 0 Å². The Labute approximate surface area is 150 Å². The molecule has 2 heterocycles. The van der Waals surface area contributed by atoms with Crippen LogP contribution < -0.4 is 5.32 Å². The fourth-order valence-corrected chi connectivity index (χ4v) is 3.30. The summed E-state index contributed by atoms with van der Waals surface area (Å²) in [5.41, 5.74) is 0.395. The summed E-state index contributed by atoms with van der Waals surface area (Å²) >= 11 is 12.1. The Hall–Kier alpha value is -1.34. The second-order valence-corrected chi connectivity index (χ2v) is 6.59. The van der Waals surface area contributed by atoms with Crippen LogP contribution in [-0.4, -0.2) is 73.6 Å². The summed E-state index contributed by atoms with van der Waals surface area (Å²) in [6, 6.07) is 4.73. The van der Waals surface area contributed by atoms with Crippen LogP contribution in [0.25, 0.3) is 0 Å². The Morgan fingerprint density at radius 1 is 1.12 bits per heavy atom. The van der Waals surface area contributed by atoms with Gasteiger partial charge in [-0.1, -0.05) is 29.3 Å². The molecule has 2 saturated heterocycles. The molecule has 0 saturated carbocycles. The Morgan fingerprint density at radius 3 is 2.50 bits per heavy atom. The highest BCUT2D eigenvalue weighted by atomic mass is 35.5. The summed E-state index contributed by atoms with van der Waals surface area (Å²) in [7, 11) is 0. The van der Waals surface area contributed by atoms with Crippen molar-refractivity contribution in [2.24, 2.45) is 0 Å². The fourth-order valence-electron chi connectivity index (χ4n) is 2.91. The molecule has 0 spiro atoms. The number of carbonyl (C=O) groups excluding carboxylic acids is 2. The number of nitrogens with zero attached hydrogens (tertiary/aromatic N) is 2. The summed E-state index contributed by atoms with van der Waals surface area (Å²) in [4.78, 5) is 28.5. The first-order valence-corrected chi connectivity index (χ1v) is 8.66. The minimum Gasteiger partial charge on any atom is -0.378 e. The molecule has 130 valence electrons. The first kappa shape index (κ1) is 17.5. The van der Waals surface area contributed by atoms with Crippen LogP contribution in [0.4, 0.5) is 0 Å². The zero-order chi connectivity index (χ0) is 17.1. The number of hydrogen-bond donors (Lipinski definition) is 1. The third-order valence-corrected chi connectivity index (χ3v) is 5.10. The first-order valence-electron chi connectivity index (χ1n) is 7.91. The largest absolute Gasteiger partial charge is 0.378 e. The lowest BCUT2D eigenvalue weighted by Crippen LogP contribution is -2.57. The predicted octanol–water partition coefficient (Wildman–Crippen LogP) is 1.27. The van der Waals surface area contributed by atoms with E-state index in [1.807, 2.05) is 0 Å². The highest BCUT2D eigenvalue weighted by molar-refractivity contribution is 6.43. The SMILES string of the molecule is O=C(c1cccc(Cl)c1Cl)N1CCN(C(=O)C2COCCN2)CC1. The molecule has 2 aliphatic heterocycles. The number of halogens is 2. The van der Waals surface area contributed by atoms with E-state index in [4.69, 9.17) is 27.9 Å². The second kappa shape index (κ2) is 7.70. The second-order valence-electron chi connectivity index (χ2n) is 5.80. The van der Waals surface area contributed by atoms with Gasteiger partial charge in [-0.15, -0.1) is 0 Å². The first-order chi connectivity index (χ1) is 11.6. The number of morpholine rings is 1. The zero-order valence-corrected chi connectivity index (χ0v) is 14.6. The van der Waals surface area contributed by atoms with Crippen LogP contribution in [0.2, 0.25) is 10.0 Å². The number of piperazine rings is 1. The van der Waals surface area contributed by atoms with Gasteiger partial charge in [0.25, 0.3) is 5.91 Å². The fraction of sp³-hybridized carbons (Fsp3) is 0.500. The number of nitrogens with one attached hydrogen (secondary N) is 1. The lowest BCUT2D eigenvalue weighted by molar-refractivity contribution is -0.137. The van der Waals surface area contributed by atoms with Crippen molar-refractivity contribution in [3.63, 3.8) is 0 Å². The average Bonchev–Trinajstić information content (AvgIpc) is 2.64. The van der Waals surface area contributed by atoms with Gasteiger partial charge >= 0.3 is 0 Å². The maximum Gasteiger partial charge on any atom is 0.255 e. The van der Waals surface area contributed by atoms with Gasteiger partial charge in [-0.2, -0.15) is 0 Å². The van der Waals surface area contributed by atoms with E-state index in [9.17, 15) is 9.59 Å². The van der Waals surface area contributed by atoms with Crippen LogP contribution >= 0.6 is 23.2 Å². The quantitative estimate of drug-likeness (QED) is 0.850. The number of ether oxygens (including phenoxy) is 1. The molecule has 2 aliphatic rings. The standard InChI is InChI=1S/C16H19Cl2N3O3/c17-12-3-1-2-11(14(12)18)15(22)20-5-7-21(8-6-20)16(23)13-10-24-9-4-19-13/h1-3,13,19H,4-10H2. The number of rotatable bonds is 2. The van der Waals surface area contributed by atoms with Crippen LogP contribution in [0.3, 0.4) is 0 Å². The molecular weight excluding hydrogens is 353 g/mol. The van der Waals surface area contributed by atoms with E-state index in [0.29, 0.717) is 56.5 Å². The summed E-state index contributed by atoms with van der Waals surface area (Å²) in [6.45, 7) is 3.66. The molecule has 1 aromatic rings. The summed E-state index contributed by atoms with van der Waals surface area (Å²) < 4.78 is 5.33. The molecule has 0 aromatic heterocycles. The lowest BCUT2D eigenvalue weighted by atomic mass is 10.1. The van der Waals surface area contributed by atoms with E-state index in [1.54, 1.807) is 28.0 Å². The third-order valence-electron chi connectivity index (χ3n) is 4.28. The van der Waals surface area contributed by atoms with Crippen molar-refractivity contribution in [1.29, 1.82) is 0 Å². The molecule has 2 amide bonds. The van der Waals surface area contributed by atoms with Crippen LogP contribution in [-0.2, 0) is 9.53 Å². The summed E-state index contributed by atoms with van der Waals surface area (Å²) in [5, 5.41) is 3.79. The van der Waals surface area contributed by atoms with Crippen molar-refractivity contribution in [2.75, 3.05) is 45.9 Å². The number of benzene rings is 1. The minimum absolute atomic E-state index is 0.0302. The average molecular weight is 372 g/mol. The zero-order valence-electron chi connectivity index (χ0n) is 13.1. The van der Waals surface area contributed by atoms with Crippen molar-refractivity contribution >= 4 is 35.0 Å². The van der Waals surface area contributed by atoms with E-state index in [-0.39, 0.29) is 22.9 Å². The van der Waals surface area contributed by atoms with Crippen LogP contribution in [0, 0.1) is 0 Å². The van der Waals surface area contributed by atoms with Gasteiger partial charge in [0, 0.05) is 32.7 Å². The molecule has 0 bridgehead atoms. The molecule has 0 radical (unpaired) electrons. The van der Waals surface area contributed by atoms with E-state index in [1.165, 1.54) is 0 Å². The molecule has 2 fully saturated rings. The lowest BCUT2D eigenvalue weighted by Gasteiger charge is -2.37. The normalized spacial score (nSPS) is 21.7. The van der Waals surface area contributed by atoms with Crippen molar-refractivity contribution in [3.05, 3.63) is 33.8 Å². The molecular formula is C16H19Cl2N3O3. The van der Waals surface area contributed by atoms with Gasteiger partial charge in [0.2, 0.25) is 5.91 Å². The van der Waals surface area contributed by atoms with Crippen LogP contribution in [0.1, 0.15) is 10.4 Å². The Bertz CT molecular complexity index is 627. The van der Waals surface area contributed by atoms with Crippen molar-refractivity contribution in [1.82, 2.24) is 15.1 Å². The van der Waals surface area contributed by atoms with Crippen LogP contribution in [0.5, 0.6) is 0 Å². The molecule has 24 heavy (non-hydrogen) atoms. The monoisotopic (exact) mass is 371 g/mol. The maximum absolute atomic E-state index is 12.6. The van der Waals surface area contributed by atoms with E-state index < -0.39 is 0 Å². The third kappa shape index (κ3) is 3.67. The van der Waals surface area contributed by atoms with Gasteiger partial charge in [-0.3, -0.25) is 9.59 Å². The molecule has 1 N–H and O–H groups in total. The van der Waals surface area contributed by atoms with Gasteiger partial charge in [0.05, 0.1) is 28.8 Å². The van der Waals surface area contributed by atoms with Gasteiger partial charge in [-0.25, -0.2) is 0 Å². The van der Waals surface area contributed by atoms with Gasteiger partial charge in [-0.05, 0) is 12.1 Å². The van der Waals surface area contributed by atoms with Crippen molar-refractivity contribution < 1.29 is 14.3 Å². The van der Waals surface area contributed by atoms with E-state index >= 15 is 0 Å². The van der Waals surface area contributed by atoms with Crippen LogP contribution in [0.15, 0.2) is 18.2 Å². The molecule has 1 atom stereocenters. The number of amides is 2. The summed E-state index contributed by atoms with van der Waals surface area (Å²) in [5.74, 6) is -0.128. The minimum atomic E-state index is -0.289. The molecule has 8 heteroatoms. The summed E-state index contributed by atoms with van der Waals surface area (Å²) in [6.07, 6.45) is 0.